The Morgan fingerprint density at radius 2 is 1.68 bits per heavy atom. The van der Waals surface area contributed by atoms with E-state index in [1.807, 2.05) is 32.0 Å². The van der Waals surface area contributed by atoms with E-state index in [2.05, 4.69) is 5.32 Å². The first-order valence-corrected chi connectivity index (χ1v) is 13.9. The molecular weight excluding hydrogens is 493 g/mol. The summed E-state index contributed by atoms with van der Waals surface area (Å²) in [5.41, 5.74) is 1.31. The number of rotatable bonds is 10. The fourth-order valence-electron chi connectivity index (χ4n) is 4.54. The first-order valence-electron chi connectivity index (χ1n) is 12.5. The minimum atomic E-state index is -3.71. The van der Waals surface area contributed by atoms with Gasteiger partial charge in [0.25, 0.3) is 10.0 Å². The quantitative estimate of drug-likeness (QED) is 0.424. The Morgan fingerprint density at radius 3 is 2.35 bits per heavy atom. The second kappa shape index (κ2) is 10.9. The summed E-state index contributed by atoms with van der Waals surface area (Å²) in [5, 5.41) is 4.41. The molecule has 196 valence electrons. The molecule has 3 aromatic rings. The van der Waals surface area contributed by atoms with Crippen molar-refractivity contribution < 1.29 is 22.4 Å². The van der Waals surface area contributed by atoms with E-state index in [1.165, 1.54) is 21.3 Å². The van der Waals surface area contributed by atoms with Crippen LogP contribution in [0.4, 0.5) is 10.1 Å². The Morgan fingerprint density at radius 1 is 1.00 bits per heavy atom. The zero-order valence-electron chi connectivity index (χ0n) is 21.3. The standard InChI is InChI=1S/C28H32FN3O4S/c1-19(2)17-30-28(34)20(3)31(18-21-12-14-23(29)15-13-21)26(33)11-6-16-32-24-9-4-7-22-8-5-10-25(27(22)24)37(32,35)36/h4-5,7-10,12-15,19-20H,6,11,16-18H2,1-3H3,(H,30,34)/t20-/m1/s1. The van der Waals surface area contributed by atoms with E-state index in [-0.39, 0.29) is 54.4 Å². The fraction of sp³-hybridized carbons (Fsp3) is 0.357. The van der Waals surface area contributed by atoms with E-state index < -0.39 is 16.1 Å². The summed E-state index contributed by atoms with van der Waals surface area (Å²) in [7, 11) is -3.71. The molecule has 4 rings (SSSR count). The molecule has 9 heteroatoms. The highest BCUT2D eigenvalue weighted by Crippen LogP contribution is 2.42. The molecule has 2 amide bonds. The van der Waals surface area contributed by atoms with Crippen LogP contribution in [0, 0.1) is 11.7 Å². The van der Waals surface area contributed by atoms with Gasteiger partial charge in [-0.2, -0.15) is 0 Å². The lowest BCUT2D eigenvalue weighted by Crippen LogP contribution is -2.48. The molecule has 1 heterocycles. The third kappa shape index (κ3) is 5.61. The molecule has 1 N–H and O–H groups in total. The van der Waals surface area contributed by atoms with Gasteiger partial charge in [-0.3, -0.25) is 13.9 Å². The fourth-order valence-corrected chi connectivity index (χ4v) is 6.29. The van der Waals surface area contributed by atoms with E-state index in [0.717, 1.165) is 5.39 Å². The number of anilines is 1. The van der Waals surface area contributed by atoms with Crippen LogP contribution in [0.3, 0.4) is 0 Å². The summed E-state index contributed by atoms with van der Waals surface area (Å²) in [5.74, 6) is -0.669. The Labute approximate surface area is 217 Å². The van der Waals surface area contributed by atoms with E-state index in [4.69, 9.17) is 0 Å². The zero-order chi connectivity index (χ0) is 26.7. The van der Waals surface area contributed by atoms with Crippen LogP contribution in [-0.4, -0.2) is 44.3 Å². The number of hydrogen-bond donors (Lipinski definition) is 1. The highest BCUT2D eigenvalue weighted by Gasteiger charge is 2.35. The molecule has 0 saturated carbocycles. The summed E-state index contributed by atoms with van der Waals surface area (Å²) >= 11 is 0. The van der Waals surface area contributed by atoms with Crippen LogP contribution in [0.25, 0.3) is 10.8 Å². The molecule has 7 nitrogen and oxygen atoms in total. The highest BCUT2D eigenvalue weighted by molar-refractivity contribution is 7.93. The molecule has 0 aromatic heterocycles. The minimum absolute atomic E-state index is 0.0569. The molecule has 37 heavy (non-hydrogen) atoms. The van der Waals surface area contributed by atoms with Gasteiger partial charge in [0.2, 0.25) is 11.8 Å². The highest BCUT2D eigenvalue weighted by atomic mass is 32.2. The number of carbonyl (C=O) groups is 2. The van der Waals surface area contributed by atoms with Gasteiger partial charge in [0.1, 0.15) is 11.9 Å². The Bertz CT molecular complexity index is 1400. The molecule has 0 radical (unpaired) electrons. The SMILES string of the molecule is CC(C)CNC(=O)[C@@H](C)N(Cc1ccc(F)cc1)C(=O)CCCN1c2cccc3cccc(c23)S1(=O)=O. The molecule has 1 atom stereocenters. The minimum Gasteiger partial charge on any atom is -0.354 e. The number of benzene rings is 3. The maximum atomic E-state index is 13.4. The maximum Gasteiger partial charge on any atom is 0.265 e. The summed E-state index contributed by atoms with van der Waals surface area (Å²) in [6, 6.07) is 15.8. The van der Waals surface area contributed by atoms with Crippen molar-refractivity contribution in [3.63, 3.8) is 0 Å². The maximum absolute atomic E-state index is 13.4. The molecule has 1 aliphatic rings. The van der Waals surface area contributed by atoms with Crippen molar-refractivity contribution in [2.45, 2.75) is 51.1 Å². The van der Waals surface area contributed by atoms with Crippen LogP contribution >= 0.6 is 0 Å². The van der Waals surface area contributed by atoms with Crippen molar-refractivity contribution in [2.24, 2.45) is 5.92 Å². The molecular formula is C28H32FN3O4S. The first-order chi connectivity index (χ1) is 17.6. The Hall–Kier alpha value is -3.46. The molecule has 1 aliphatic heterocycles. The average molecular weight is 526 g/mol. The predicted molar refractivity (Wildman–Crippen MR) is 142 cm³/mol. The van der Waals surface area contributed by atoms with Crippen molar-refractivity contribution in [1.29, 1.82) is 0 Å². The summed E-state index contributed by atoms with van der Waals surface area (Å²) in [4.78, 5) is 27.9. The third-order valence-electron chi connectivity index (χ3n) is 6.55. The molecule has 3 aromatic carbocycles. The number of nitrogens with one attached hydrogen (secondary N) is 1. The van der Waals surface area contributed by atoms with Gasteiger partial charge in [0.05, 0.1) is 10.6 Å². The van der Waals surface area contributed by atoms with Gasteiger partial charge in [-0.05, 0) is 54.5 Å². The first kappa shape index (κ1) is 26.6. The van der Waals surface area contributed by atoms with Crippen LogP contribution in [0.1, 0.15) is 39.2 Å². The van der Waals surface area contributed by atoms with Crippen LogP contribution in [0.5, 0.6) is 0 Å². The lowest BCUT2D eigenvalue weighted by atomic mass is 10.1. The van der Waals surface area contributed by atoms with Gasteiger partial charge in [-0.1, -0.05) is 50.2 Å². The number of sulfonamides is 1. The van der Waals surface area contributed by atoms with Gasteiger partial charge in [0.15, 0.2) is 0 Å². The van der Waals surface area contributed by atoms with Crippen molar-refractivity contribution in [2.75, 3.05) is 17.4 Å². The normalized spacial score (nSPS) is 14.7. The van der Waals surface area contributed by atoms with Crippen molar-refractivity contribution >= 4 is 38.3 Å². The van der Waals surface area contributed by atoms with Crippen LogP contribution in [0.15, 0.2) is 65.6 Å². The Kier molecular flexibility index (Phi) is 7.82. The molecule has 0 aliphatic carbocycles. The van der Waals surface area contributed by atoms with Crippen molar-refractivity contribution in [1.82, 2.24) is 10.2 Å². The number of amides is 2. The smallest absolute Gasteiger partial charge is 0.265 e. The summed E-state index contributed by atoms with van der Waals surface area (Å²) < 4.78 is 41.2. The predicted octanol–water partition coefficient (Wildman–Crippen LogP) is 4.46. The molecule has 0 unspecified atom stereocenters. The summed E-state index contributed by atoms with van der Waals surface area (Å²) in [6.45, 7) is 6.40. The number of nitrogens with zero attached hydrogens (tertiary/aromatic N) is 2. The van der Waals surface area contributed by atoms with E-state index in [9.17, 15) is 22.4 Å². The third-order valence-corrected chi connectivity index (χ3v) is 8.41. The number of hydrogen-bond acceptors (Lipinski definition) is 4. The second-order valence-corrected chi connectivity index (χ2v) is 11.6. The van der Waals surface area contributed by atoms with Gasteiger partial charge in [-0.25, -0.2) is 12.8 Å². The van der Waals surface area contributed by atoms with Gasteiger partial charge >= 0.3 is 0 Å². The van der Waals surface area contributed by atoms with Gasteiger partial charge in [0, 0.05) is 31.4 Å². The molecule has 0 bridgehead atoms. The van der Waals surface area contributed by atoms with E-state index >= 15 is 0 Å². The van der Waals surface area contributed by atoms with Crippen molar-refractivity contribution in [3.05, 3.63) is 72.0 Å². The van der Waals surface area contributed by atoms with Crippen molar-refractivity contribution in [3.8, 4) is 0 Å². The second-order valence-electron chi connectivity index (χ2n) is 9.78. The Balaban J connectivity index is 1.48. The number of halogens is 1. The topological polar surface area (TPSA) is 86.8 Å². The largest absolute Gasteiger partial charge is 0.354 e. The molecule has 0 fully saturated rings. The van der Waals surface area contributed by atoms with Gasteiger partial charge < -0.3 is 10.2 Å². The van der Waals surface area contributed by atoms with Crippen LogP contribution in [0.2, 0.25) is 0 Å². The number of carbonyl (C=O) groups excluding carboxylic acids is 2. The zero-order valence-corrected chi connectivity index (χ0v) is 22.1. The lowest BCUT2D eigenvalue weighted by Gasteiger charge is -2.29. The van der Waals surface area contributed by atoms with Crippen LogP contribution < -0.4 is 9.62 Å². The van der Waals surface area contributed by atoms with Gasteiger partial charge in [-0.15, -0.1) is 0 Å². The summed E-state index contributed by atoms with van der Waals surface area (Å²) in [6.07, 6.45) is 0.337. The van der Waals surface area contributed by atoms with E-state index in [0.29, 0.717) is 23.2 Å². The average Bonchev–Trinajstić information content (AvgIpc) is 3.09. The molecule has 0 spiro atoms. The van der Waals surface area contributed by atoms with Crippen LogP contribution in [-0.2, 0) is 26.2 Å². The lowest BCUT2D eigenvalue weighted by molar-refractivity contribution is -0.140. The molecule has 0 saturated heterocycles. The monoisotopic (exact) mass is 525 g/mol. The van der Waals surface area contributed by atoms with E-state index in [1.54, 1.807) is 37.3 Å².